The maximum atomic E-state index is 12.7. The fourth-order valence-corrected chi connectivity index (χ4v) is 2.93. The molecule has 1 aromatic heterocycles. The summed E-state index contributed by atoms with van der Waals surface area (Å²) in [5, 5.41) is 4.49. The number of amides is 2. The van der Waals surface area contributed by atoms with Crippen molar-refractivity contribution in [2.75, 3.05) is 33.4 Å². The van der Waals surface area contributed by atoms with Gasteiger partial charge in [0.15, 0.2) is 5.69 Å². The van der Waals surface area contributed by atoms with Crippen LogP contribution in [0.2, 0.25) is 5.02 Å². The van der Waals surface area contributed by atoms with Gasteiger partial charge in [-0.15, -0.1) is 0 Å². The Labute approximate surface area is 139 Å². The number of aryl methyl sites for hydroxylation is 1. The average Bonchev–Trinajstić information content (AvgIpc) is 2.87. The first kappa shape index (κ1) is 17.7. The Balaban J connectivity index is 2.19. The second-order valence-electron chi connectivity index (χ2n) is 5.52. The van der Waals surface area contributed by atoms with Crippen molar-refractivity contribution in [3.8, 4) is 0 Å². The number of hydrogen-bond acceptors (Lipinski definition) is 5. The molecular weight excluding hydrogens is 324 g/mol. The quantitative estimate of drug-likeness (QED) is 0.799. The summed E-state index contributed by atoms with van der Waals surface area (Å²) >= 11 is 6.09. The lowest BCUT2D eigenvalue weighted by Crippen LogP contribution is -2.57. The van der Waals surface area contributed by atoms with Crippen molar-refractivity contribution in [2.45, 2.75) is 25.5 Å². The Hall–Kier alpha value is -1.64. The number of ether oxygens (including phenoxy) is 2. The third-order valence-electron chi connectivity index (χ3n) is 3.68. The summed E-state index contributed by atoms with van der Waals surface area (Å²) < 4.78 is 12.5. The molecule has 0 unspecified atom stereocenters. The summed E-state index contributed by atoms with van der Waals surface area (Å²) in [5.41, 5.74) is 4.56. The topological polar surface area (TPSA) is 99.7 Å². The lowest BCUT2D eigenvalue weighted by molar-refractivity contribution is -0.148. The van der Waals surface area contributed by atoms with Gasteiger partial charge >= 0.3 is 0 Å². The Morgan fingerprint density at radius 1 is 1.57 bits per heavy atom. The molecule has 0 aromatic carbocycles. The fraction of sp³-hybridized carbons (Fsp3) is 0.643. The first-order valence-corrected chi connectivity index (χ1v) is 7.72. The predicted molar refractivity (Wildman–Crippen MR) is 83.2 cm³/mol. The van der Waals surface area contributed by atoms with Crippen LogP contribution in [-0.4, -0.2) is 65.5 Å². The van der Waals surface area contributed by atoms with Crippen molar-refractivity contribution in [2.24, 2.45) is 5.73 Å². The molecule has 0 bridgehead atoms. The van der Waals surface area contributed by atoms with Crippen LogP contribution < -0.4 is 5.73 Å². The summed E-state index contributed by atoms with van der Waals surface area (Å²) in [5.74, 6) is -0.805. The molecule has 2 amide bonds. The number of methoxy groups -OCH3 is 1. The van der Waals surface area contributed by atoms with Crippen LogP contribution in [0.1, 0.15) is 23.8 Å². The molecule has 2 N–H and O–H groups in total. The first-order valence-electron chi connectivity index (χ1n) is 7.34. The van der Waals surface area contributed by atoms with E-state index in [2.05, 4.69) is 5.10 Å². The highest BCUT2D eigenvalue weighted by Gasteiger charge is 2.41. The van der Waals surface area contributed by atoms with Crippen molar-refractivity contribution in [3.63, 3.8) is 0 Å². The Kier molecular flexibility index (Phi) is 5.61. The van der Waals surface area contributed by atoms with E-state index in [1.54, 1.807) is 15.8 Å². The number of primary amides is 1. The highest BCUT2D eigenvalue weighted by atomic mass is 35.5. The number of morpholine rings is 1. The largest absolute Gasteiger partial charge is 0.382 e. The van der Waals surface area contributed by atoms with Gasteiger partial charge in [0.2, 0.25) is 5.91 Å². The molecule has 0 saturated carbocycles. The van der Waals surface area contributed by atoms with Gasteiger partial charge in [-0.25, -0.2) is 0 Å². The van der Waals surface area contributed by atoms with Gasteiger partial charge in [-0.3, -0.25) is 14.3 Å². The smallest absolute Gasteiger partial charge is 0.276 e. The molecule has 1 aliphatic rings. The summed E-state index contributed by atoms with van der Waals surface area (Å²) in [6, 6.07) is 0. The number of rotatable bonds is 6. The van der Waals surface area contributed by atoms with E-state index in [0.29, 0.717) is 18.1 Å². The molecular formula is C14H21ClN4O4. The minimum atomic E-state index is -0.936. The monoisotopic (exact) mass is 344 g/mol. The zero-order chi connectivity index (χ0) is 17.0. The minimum absolute atomic E-state index is 0.0260. The number of aromatic nitrogens is 2. The molecule has 1 atom stereocenters. The van der Waals surface area contributed by atoms with Gasteiger partial charge in [-0.05, 0) is 6.92 Å². The number of hydrogen-bond donors (Lipinski definition) is 1. The van der Waals surface area contributed by atoms with E-state index in [1.807, 2.05) is 6.92 Å². The summed E-state index contributed by atoms with van der Waals surface area (Å²) in [4.78, 5) is 25.6. The molecule has 9 heteroatoms. The molecule has 8 nitrogen and oxygen atoms in total. The van der Waals surface area contributed by atoms with Crippen LogP contribution in [-0.2, 0) is 20.8 Å². The van der Waals surface area contributed by atoms with Crippen molar-refractivity contribution in [1.29, 1.82) is 0 Å². The van der Waals surface area contributed by atoms with Gasteiger partial charge in [0.1, 0.15) is 5.60 Å². The second-order valence-corrected chi connectivity index (χ2v) is 5.92. The molecule has 2 heterocycles. The van der Waals surface area contributed by atoms with E-state index >= 15 is 0 Å². The van der Waals surface area contributed by atoms with E-state index in [0.717, 1.165) is 0 Å². The second kappa shape index (κ2) is 7.29. The molecule has 1 saturated heterocycles. The van der Waals surface area contributed by atoms with E-state index in [-0.39, 0.29) is 37.8 Å². The third-order valence-corrected chi connectivity index (χ3v) is 3.96. The zero-order valence-electron chi connectivity index (χ0n) is 13.2. The number of carbonyl (C=O) groups is 2. The molecule has 23 heavy (non-hydrogen) atoms. The SMILES string of the molecule is CCn1cc(Cl)c(C(=O)N2CCO[C@@](COC)(CC(N)=O)C2)n1. The van der Waals surface area contributed by atoms with E-state index < -0.39 is 11.5 Å². The van der Waals surface area contributed by atoms with Crippen LogP contribution >= 0.6 is 11.6 Å². The van der Waals surface area contributed by atoms with Gasteiger partial charge < -0.3 is 20.1 Å². The lowest BCUT2D eigenvalue weighted by atomic mass is 9.97. The van der Waals surface area contributed by atoms with Gasteiger partial charge in [-0.2, -0.15) is 5.10 Å². The molecule has 1 aromatic rings. The summed E-state index contributed by atoms with van der Waals surface area (Å²) in [7, 11) is 1.51. The Bertz CT molecular complexity index is 587. The summed E-state index contributed by atoms with van der Waals surface area (Å²) in [6.07, 6.45) is 1.59. The molecule has 1 fully saturated rings. The zero-order valence-corrected chi connectivity index (χ0v) is 14.0. The van der Waals surface area contributed by atoms with Gasteiger partial charge in [0, 0.05) is 26.4 Å². The van der Waals surface area contributed by atoms with Crippen molar-refractivity contribution in [3.05, 3.63) is 16.9 Å². The van der Waals surface area contributed by atoms with Crippen LogP contribution in [0.3, 0.4) is 0 Å². The molecule has 0 aliphatic carbocycles. The van der Waals surface area contributed by atoms with Gasteiger partial charge in [0.05, 0.1) is 31.2 Å². The lowest BCUT2D eigenvalue weighted by Gasteiger charge is -2.41. The third kappa shape index (κ3) is 4.01. The molecule has 128 valence electrons. The number of nitrogens with zero attached hydrogens (tertiary/aromatic N) is 3. The Morgan fingerprint density at radius 3 is 2.87 bits per heavy atom. The Morgan fingerprint density at radius 2 is 2.30 bits per heavy atom. The van der Waals surface area contributed by atoms with Gasteiger partial charge in [-0.1, -0.05) is 11.6 Å². The number of carbonyl (C=O) groups excluding carboxylic acids is 2. The van der Waals surface area contributed by atoms with Crippen LogP contribution in [0.25, 0.3) is 0 Å². The van der Waals surface area contributed by atoms with E-state index in [4.69, 9.17) is 26.8 Å². The summed E-state index contributed by atoms with van der Waals surface area (Å²) in [6.45, 7) is 3.55. The standard InChI is InChI=1S/C14H21ClN4O4/c1-3-19-7-10(15)12(17-19)13(21)18-4-5-23-14(8-18,9-22-2)6-11(16)20/h7H,3-6,8-9H2,1-2H3,(H2,16,20)/t14-/m0/s1. The van der Waals surface area contributed by atoms with Gasteiger partial charge in [0.25, 0.3) is 5.91 Å². The minimum Gasteiger partial charge on any atom is -0.382 e. The maximum Gasteiger partial charge on any atom is 0.276 e. The van der Waals surface area contributed by atoms with Crippen molar-refractivity contribution < 1.29 is 19.1 Å². The molecule has 1 aliphatic heterocycles. The average molecular weight is 345 g/mol. The predicted octanol–water partition coefficient (Wildman–Crippen LogP) is 0.289. The highest BCUT2D eigenvalue weighted by molar-refractivity contribution is 6.33. The van der Waals surface area contributed by atoms with E-state index in [9.17, 15) is 9.59 Å². The normalized spacial score (nSPS) is 21.4. The van der Waals surface area contributed by atoms with Crippen molar-refractivity contribution >= 4 is 23.4 Å². The van der Waals surface area contributed by atoms with Crippen LogP contribution in [0.15, 0.2) is 6.20 Å². The molecule has 0 radical (unpaired) electrons. The van der Waals surface area contributed by atoms with Crippen molar-refractivity contribution in [1.82, 2.24) is 14.7 Å². The van der Waals surface area contributed by atoms with Crippen LogP contribution in [0.5, 0.6) is 0 Å². The maximum absolute atomic E-state index is 12.7. The molecule has 0 spiro atoms. The highest BCUT2D eigenvalue weighted by Crippen LogP contribution is 2.25. The van der Waals surface area contributed by atoms with Crippen LogP contribution in [0.4, 0.5) is 0 Å². The number of halogens is 1. The molecule has 2 rings (SSSR count). The van der Waals surface area contributed by atoms with Crippen LogP contribution in [0, 0.1) is 0 Å². The fourth-order valence-electron chi connectivity index (χ4n) is 2.70. The van der Waals surface area contributed by atoms with E-state index in [1.165, 1.54) is 7.11 Å². The first-order chi connectivity index (χ1) is 10.9. The number of nitrogens with two attached hydrogens (primary N) is 1.